The number of hydrogen-bond donors (Lipinski definition) is 0. The van der Waals surface area contributed by atoms with E-state index in [4.69, 9.17) is 11.6 Å². The minimum absolute atomic E-state index is 0.0526. The highest BCUT2D eigenvalue weighted by atomic mass is 35.5. The zero-order valence-electron chi connectivity index (χ0n) is 14.9. The van der Waals surface area contributed by atoms with E-state index in [0.717, 1.165) is 23.2 Å². The number of thiazole rings is 1. The number of aryl methyl sites for hydroxylation is 1. The number of nitro groups is 2. The van der Waals surface area contributed by atoms with Crippen molar-refractivity contribution in [1.29, 1.82) is 0 Å². The molecule has 0 radical (unpaired) electrons. The molecule has 2 aromatic carbocycles. The quantitative estimate of drug-likeness (QED) is 0.406. The summed E-state index contributed by atoms with van der Waals surface area (Å²) in [4.78, 5) is 38.1. The third kappa shape index (κ3) is 4.47. The molecule has 0 aliphatic carbocycles. The van der Waals surface area contributed by atoms with Crippen LogP contribution in [0.3, 0.4) is 0 Å². The van der Waals surface area contributed by atoms with Gasteiger partial charge in [0.25, 0.3) is 17.3 Å². The Morgan fingerprint density at radius 3 is 2.48 bits per heavy atom. The van der Waals surface area contributed by atoms with E-state index >= 15 is 0 Å². The van der Waals surface area contributed by atoms with Gasteiger partial charge in [-0.05, 0) is 18.4 Å². The Morgan fingerprint density at radius 2 is 1.83 bits per heavy atom. The summed E-state index contributed by atoms with van der Waals surface area (Å²) < 4.78 is 2.40. The van der Waals surface area contributed by atoms with Crippen LogP contribution in [0.15, 0.2) is 41.4 Å². The van der Waals surface area contributed by atoms with Crippen LogP contribution < -0.4 is 4.80 Å². The number of nitro benzene ring substituents is 2. The largest absolute Gasteiger partial charge is 0.315 e. The van der Waals surface area contributed by atoms with E-state index in [-0.39, 0.29) is 22.0 Å². The smallest absolute Gasteiger partial charge is 0.281 e. The number of nitrogens with zero attached hydrogens (tertiary/aromatic N) is 4. The molecule has 0 atom stereocenters. The van der Waals surface area contributed by atoms with Crippen LogP contribution in [0.4, 0.5) is 11.4 Å². The number of carbonyl (C=O) groups is 1. The maximum atomic E-state index is 12.7. The van der Waals surface area contributed by atoms with Crippen LogP contribution in [0.2, 0.25) is 5.02 Å². The van der Waals surface area contributed by atoms with Gasteiger partial charge in [-0.1, -0.05) is 22.9 Å². The number of amides is 1. The van der Waals surface area contributed by atoms with Gasteiger partial charge in [-0.3, -0.25) is 25.0 Å². The molecular weight excluding hydrogens is 440 g/mol. The molecule has 0 N–H and O–H groups in total. The summed E-state index contributed by atoms with van der Waals surface area (Å²) in [5.74, 6) is 0.0135. The number of halogens is 1. The molecule has 0 aliphatic heterocycles. The Hall–Kier alpha value is -2.76. The van der Waals surface area contributed by atoms with Crippen LogP contribution in [0.1, 0.15) is 10.4 Å². The lowest BCUT2D eigenvalue weighted by molar-refractivity contribution is -0.385. The highest BCUT2D eigenvalue weighted by molar-refractivity contribution is 7.98. The first-order valence-electron chi connectivity index (χ1n) is 8.11. The van der Waals surface area contributed by atoms with Gasteiger partial charge in [0.2, 0.25) is 0 Å². The van der Waals surface area contributed by atoms with Gasteiger partial charge in [-0.25, -0.2) is 0 Å². The van der Waals surface area contributed by atoms with Crippen molar-refractivity contribution in [2.75, 3.05) is 12.0 Å². The molecule has 3 rings (SSSR count). The standard InChI is InChI=1S/C17H13ClN4O5S2/c1-28-7-6-20-14-5-3-11(22(26)27)9-15(14)29-17(20)19-16(23)12-8-10(21(24)25)2-4-13(12)18/h2-5,8-9H,6-7H2,1H3. The molecule has 0 spiro atoms. The van der Waals surface area contributed by atoms with E-state index in [0.29, 0.717) is 21.6 Å². The highest BCUT2D eigenvalue weighted by Gasteiger charge is 2.17. The normalized spacial score (nSPS) is 11.7. The third-order valence-corrected chi connectivity index (χ3v) is 5.95. The van der Waals surface area contributed by atoms with Crippen molar-refractivity contribution < 1.29 is 14.6 Å². The van der Waals surface area contributed by atoms with E-state index in [1.165, 1.54) is 24.3 Å². The minimum Gasteiger partial charge on any atom is -0.315 e. The van der Waals surface area contributed by atoms with E-state index in [1.807, 2.05) is 6.26 Å². The van der Waals surface area contributed by atoms with Crippen LogP contribution in [-0.4, -0.2) is 32.3 Å². The van der Waals surface area contributed by atoms with E-state index in [1.54, 1.807) is 22.4 Å². The summed E-state index contributed by atoms with van der Waals surface area (Å²) in [6.07, 6.45) is 1.94. The molecule has 0 saturated heterocycles. The lowest BCUT2D eigenvalue weighted by atomic mass is 10.2. The molecule has 150 valence electrons. The second kappa shape index (κ2) is 8.72. The number of aromatic nitrogens is 1. The van der Waals surface area contributed by atoms with Crippen LogP contribution in [0, 0.1) is 20.2 Å². The predicted octanol–water partition coefficient (Wildman–Crippen LogP) is 4.28. The zero-order valence-corrected chi connectivity index (χ0v) is 17.3. The van der Waals surface area contributed by atoms with Gasteiger partial charge in [0.1, 0.15) is 0 Å². The zero-order chi connectivity index (χ0) is 21.1. The first-order valence-corrected chi connectivity index (χ1v) is 10.7. The van der Waals surface area contributed by atoms with Crippen molar-refractivity contribution >= 4 is 62.2 Å². The summed E-state index contributed by atoms with van der Waals surface area (Å²) in [6.45, 7) is 0.535. The second-order valence-electron chi connectivity index (χ2n) is 5.78. The number of fused-ring (bicyclic) bond motifs is 1. The van der Waals surface area contributed by atoms with Crippen LogP contribution in [0.25, 0.3) is 10.2 Å². The summed E-state index contributed by atoms with van der Waals surface area (Å²) in [6, 6.07) is 8.01. The highest BCUT2D eigenvalue weighted by Crippen LogP contribution is 2.25. The van der Waals surface area contributed by atoms with Gasteiger partial charge in [-0.2, -0.15) is 16.8 Å². The van der Waals surface area contributed by atoms with Gasteiger partial charge in [0, 0.05) is 36.6 Å². The van der Waals surface area contributed by atoms with Gasteiger partial charge in [-0.15, -0.1) is 0 Å². The fourth-order valence-electron chi connectivity index (χ4n) is 2.60. The Kier molecular flexibility index (Phi) is 6.30. The Balaban J connectivity index is 2.15. The van der Waals surface area contributed by atoms with Gasteiger partial charge in [0.15, 0.2) is 4.80 Å². The topological polar surface area (TPSA) is 121 Å². The van der Waals surface area contributed by atoms with Crippen LogP contribution in [-0.2, 0) is 6.54 Å². The number of thioether (sulfide) groups is 1. The first kappa shape index (κ1) is 21.0. The lowest BCUT2D eigenvalue weighted by Crippen LogP contribution is -2.18. The summed E-state index contributed by atoms with van der Waals surface area (Å²) in [5, 5.41) is 22.1. The van der Waals surface area contributed by atoms with Gasteiger partial charge < -0.3 is 4.57 Å². The van der Waals surface area contributed by atoms with E-state index < -0.39 is 15.8 Å². The average molecular weight is 453 g/mol. The molecule has 0 saturated carbocycles. The summed E-state index contributed by atoms with van der Waals surface area (Å²) in [5.41, 5.74) is 0.303. The molecular formula is C17H13ClN4O5S2. The van der Waals surface area contributed by atoms with Crippen molar-refractivity contribution in [1.82, 2.24) is 4.57 Å². The average Bonchev–Trinajstić information content (AvgIpc) is 3.02. The van der Waals surface area contributed by atoms with Crippen molar-refractivity contribution in [2.24, 2.45) is 4.99 Å². The number of non-ortho nitro benzene ring substituents is 2. The van der Waals surface area contributed by atoms with E-state index in [2.05, 4.69) is 4.99 Å². The molecule has 12 heteroatoms. The molecule has 0 fully saturated rings. The number of carbonyl (C=O) groups excluding carboxylic acids is 1. The minimum atomic E-state index is -0.724. The second-order valence-corrected chi connectivity index (χ2v) is 8.18. The molecule has 9 nitrogen and oxygen atoms in total. The SMILES string of the molecule is CSCCn1c(=NC(=O)c2cc([N+](=O)[O-])ccc2Cl)sc2cc([N+](=O)[O-])ccc21. The van der Waals surface area contributed by atoms with Crippen molar-refractivity contribution in [3.8, 4) is 0 Å². The molecule has 0 unspecified atom stereocenters. The molecule has 1 aromatic heterocycles. The summed E-state index contributed by atoms with van der Waals surface area (Å²) >= 11 is 8.77. The van der Waals surface area contributed by atoms with Crippen molar-refractivity contribution in [2.45, 2.75) is 6.54 Å². The molecule has 29 heavy (non-hydrogen) atoms. The fraction of sp³-hybridized carbons (Fsp3) is 0.176. The number of hydrogen-bond acceptors (Lipinski definition) is 7. The maximum absolute atomic E-state index is 12.7. The van der Waals surface area contributed by atoms with Crippen molar-refractivity contribution in [3.63, 3.8) is 0 Å². The fourth-order valence-corrected chi connectivity index (χ4v) is 4.25. The van der Waals surface area contributed by atoms with E-state index in [9.17, 15) is 25.0 Å². The number of rotatable bonds is 6. The van der Waals surface area contributed by atoms with Crippen LogP contribution in [0.5, 0.6) is 0 Å². The first-order chi connectivity index (χ1) is 13.8. The maximum Gasteiger partial charge on any atom is 0.281 e. The van der Waals surface area contributed by atoms with Gasteiger partial charge in [0.05, 0.1) is 30.6 Å². The monoisotopic (exact) mass is 452 g/mol. The van der Waals surface area contributed by atoms with Gasteiger partial charge >= 0.3 is 0 Å². The lowest BCUT2D eigenvalue weighted by Gasteiger charge is -2.04. The third-order valence-electron chi connectivity index (χ3n) is 3.98. The summed E-state index contributed by atoms with van der Waals surface area (Å²) in [7, 11) is 0. The molecule has 0 aliphatic rings. The number of benzene rings is 2. The molecule has 0 bridgehead atoms. The molecule has 3 aromatic rings. The Labute approximate surface area is 176 Å². The van der Waals surface area contributed by atoms with Crippen LogP contribution >= 0.6 is 34.7 Å². The Morgan fingerprint density at radius 1 is 1.17 bits per heavy atom. The predicted molar refractivity (Wildman–Crippen MR) is 113 cm³/mol. The Bertz CT molecular complexity index is 1200. The molecule has 1 amide bonds. The molecule has 1 heterocycles. The van der Waals surface area contributed by atoms with Crippen molar-refractivity contribution in [3.05, 3.63) is 72.0 Å².